The molecule has 2 saturated carbocycles. The minimum absolute atomic E-state index is 0.0432. The molecule has 1 aliphatic heterocycles. The number of nitrogens with zero attached hydrogens (tertiary/aromatic N) is 1. The molecule has 2 heterocycles. The number of hydrogen-bond acceptors (Lipinski definition) is 10. The number of anilines is 1. The Morgan fingerprint density at radius 2 is 2.02 bits per heavy atom. The first kappa shape index (κ1) is 31.7. The molecular formula is C34H42N2O8S. The summed E-state index contributed by atoms with van der Waals surface area (Å²) in [5.74, 6) is 1.19. The van der Waals surface area contributed by atoms with Gasteiger partial charge in [-0.3, -0.25) is 14.4 Å². The van der Waals surface area contributed by atoms with Crippen LogP contribution in [-0.2, 0) is 39.8 Å². The van der Waals surface area contributed by atoms with Crippen LogP contribution < -0.4 is 10.1 Å². The number of aryl methyl sites for hydroxylation is 2. The second kappa shape index (κ2) is 12.8. The number of ketones is 1. The van der Waals surface area contributed by atoms with E-state index in [1.165, 1.54) is 36.5 Å². The van der Waals surface area contributed by atoms with Crippen LogP contribution in [0.2, 0.25) is 0 Å². The average molecular weight is 639 g/mol. The lowest BCUT2D eigenvalue weighted by Crippen LogP contribution is -2.44. The molecule has 1 saturated heterocycles. The fourth-order valence-electron chi connectivity index (χ4n) is 8.55. The summed E-state index contributed by atoms with van der Waals surface area (Å²) in [6.07, 6.45) is 5.45. The van der Waals surface area contributed by atoms with Gasteiger partial charge in [-0.25, -0.2) is 9.78 Å². The minimum Gasteiger partial charge on any atom is -0.467 e. The summed E-state index contributed by atoms with van der Waals surface area (Å²) in [5.41, 5.74) is 2.21. The summed E-state index contributed by atoms with van der Waals surface area (Å²) in [7, 11) is 1.30. The first-order valence-corrected chi connectivity index (χ1v) is 16.8. The van der Waals surface area contributed by atoms with Gasteiger partial charge in [0, 0.05) is 49.1 Å². The van der Waals surface area contributed by atoms with Crippen LogP contribution in [0.4, 0.5) is 5.13 Å². The van der Waals surface area contributed by atoms with E-state index in [-0.39, 0.29) is 29.6 Å². The molecule has 45 heavy (non-hydrogen) atoms. The van der Waals surface area contributed by atoms with E-state index in [0.717, 1.165) is 30.6 Å². The molecular weight excluding hydrogens is 596 g/mol. The Morgan fingerprint density at radius 1 is 1.20 bits per heavy atom. The highest BCUT2D eigenvalue weighted by molar-refractivity contribution is 7.15. The predicted octanol–water partition coefficient (Wildman–Crippen LogP) is 5.51. The van der Waals surface area contributed by atoms with Gasteiger partial charge in [-0.05, 0) is 86.0 Å². The molecule has 0 radical (unpaired) electrons. The van der Waals surface area contributed by atoms with Crippen molar-refractivity contribution < 1.29 is 38.1 Å². The molecule has 6 rings (SSSR count). The monoisotopic (exact) mass is 638 g/mol. The number of carbonyl (C=O) groups is 4. The molecule has 1 aromatic heterocycles. The molecule has 1 amide bonds. The van der Waals surface area contributed by atoms with Crippen molar-refractivity contribution in [2.24, 2.45) is 23.2 Å². The molecule has 8 atom stereocenters. The molecule has 0 spiro atoms. The van der Waals surface area contributed by atoms with Gasteiger partial charge in [0.05, 0.1) is 7.11 Å². The number of amides is 1. The van der Waals surface area contributed by atoms with Crippen LogP contribution in [0.3, 0.4) is 0 Å². The molecule has 1 aromatic carbocycles. The van der Waals surface area contributed by atoms with Crippen molar-refractivity contribution in [2.75, 3.05) is 12.4 Å². The summed E-state index contributed by atoms with van der Waals surface area (Å²) in [6, 6.07) is 6.15. The van der Waals surface area contributed by atoms with E-state index in [1.54, 1.807) is 6.20 Å². The fraction of sp³-hybridized carbons (Fsp3) is 0.618. The quantitative estimate of drug-likeness (QED) is 0.372. The lowest BCUT2D eigenvalue weighted by atomic mass is 9.54. The van der Waals surface area contributed by atoms with E-state index in [1.807, 2.05) is 13.0 Å². The van der Waals surface area contributed by atoms with E-state index in [0.29, 0.717) is 54.2 Å². The maximum absolute atomic E-state index is 13.4. The van der Waals surface area contributed by atoms with Crippen LogP contribution in [0.15, 0.2) is 24.4 Å². The zero-order valence-electron chi connectivity index (χ0n) is 26.3. The number of rotatable bonds is 8. The fourth-order valence-corrected chi connectivity index (χ4v) is 9.23. The first-order chi connectivity index (χ1) is 21.5. The van der Waals surface area contributed by atoms with Gasteiger partial charge in [0.1, 0.15) is 17.6 Å². The van der Waals surface area contributed by atoms with Crippen molar-refractivity contribution >= 4 is 40.1 Å². The lowest BCUT2D eigenvalue weighted by Gasteiger charge is -2.50. The van der Waals surface area contributed by atoms with Crippen LogP contribution in [-0.4, -0.2) is 54.2 Å². The van der Waals surface area contributed by atoms with Gasteiger partial charge in [0.25, 0.3) is 0 Å². The number of carbonyl (C=O) groups excluding carboxylic acids is 4. The summed E-state index contributed by atoms with van der Waals surface area (Å²) in [4.78, 5) is 55.3. The van der Waals surface area contributed by atoms with Crippen molar-refractivity contribution in [3.63, 3.8) is 0 Å². The van der Waals surface area contributed by atoms with Gasteiger partial charge in [-0.1, -0.05) is 13.0 Å². The Morgan fingerprint density at radius 3 is 2.76 bits per heavy atom. The molecule has 3 fully saturated rings. The van der Waals surface area contributed by atoms with Gasteiger partial charge in [0.2, 0.25) is 12.2 Å². The van der Waals surface area contributed by atoms with Crippen molar-refractivity contribution in [1.82, 2.24) is 4.98 Å². The van der Waals surface area contributed by atoms with Crippen molar-refractivity contribution in [3.05, 3.63) is 40.4 Å². The third kappa shape index (κ3) is 6.52. The minimum atomic E-state index is -0.877. The average Bonchev–Trinajstić information content (AvgIpc) is 3.53. The van der Waals surface area contributed by atoms with E-state index in [2.05, 4.69) is 29.4 Å². The highest BCUT2D eigenvalue weighted by atomic mass is 32.1. The number of ether oxygens (including phenoxy) is 4. The smallest absolute Gasteiger partial charge is 0.335 e. The van der Waals surface area contributed by atoms with Crippen molar-refractivity contribution in [1.29, 1.82) is 0 Å². The number of hydrogen-bond donors (Lipinski definition) is 1. The number of aromatic nitrogens is 1. The number of nitrogens with one attached hydrogen (secondary N) is 1. The topological polar surface area (TPSA) is 130 Å². The van der Waals surface area contributed by atoms with Crippen molar-refractivity contribution in [2.45, 2.75) is 103 Å². The third-order valence-corrected chi connectivity index (χ3v) is 11.3. The van der Waals surface area contributed by atoms with Crippen LogP contribution in [0.5, 0.6) is 5.75 Å². The molecule has 1 N–H and O–H groups in total. The molecule has 4 aliphatic rings. The Bertz CT molecular complexity index is 1470. The van der Waals surface area contributed by atoms with Crippen LogP contribution >= 0.6 is 11.3 Å². The summed E-state index contributed by atoms with van der Waals surface area (Å²) >= 11 is 1.47. The van der Waals surface area contributed by atoms with Gasteiger partial charge in [-0.15, -0.1) is 11.3 Å². The van der Waals surface area contributed by atoms with E-state index in [9.17, 15) is 19.2 Å². The molecule has 242 valence electrons. The summed E-state index contributed by atoms with van der Waals surface area (Å²) in [5, 5.41) is 3.55. The maximum atomic E-state index is 13.4. The number of benzene rings is 1. The van der Waals surface area contributed by atoms with Crippen LogP contribution in [0, 0.1) is 30.1 Å². The standard InChI is InChI=1S/C34H42N2O8S/c1-18-17-35-33(45-18)36-29(39)10-6-21-14-28(38)34(3)12-11-25-24-9-7-22(13-20(24)5-8-26(25)31(21)34)43-30-16-23(42-19(2)37)15-27(44-30)32(40)41-4/h7,9,13,17,21,23,25-27,30-31H,5-6,8,10-12,14-16H2,1-4H3,(H,35,36,39). The molecule has 8 unspecified atom stereocenters. The Balaban J connectivity index is 1.14. The highest BCUT2D eigenvalue weighted by Crippen LogP contribution is 2.62. The Labute approximate surface area is 267 Å². The molecule has 2 aromatic rings. The van der Waals surface area contributed by atoms with E-state index < -0.39 is 30.4 Å². The van der Waals surface area contributed by atoms with Gasteiger partial charge in [0.15, 0.2) is 11.2 Å². The molecule has 3 aliphatic carbocycles. The normalized spacial score (nSPS) is 32.1. The number of thiazole rings is 1. The number of Topliss-reactive ketones (excluding diaryl/α,β-unsaturated/α-hetero) is 1. The largest absolute Gasteiger partial charge is 0.467 e. The SMILES string of the molecule is COC(=O)C1CC(OC(C)=O)CC(Oc2ccc3c(c2)CCC2C3CCC3(C)C(=O)CC(CCC(=O)Nc4ncc(C)s4)C23)O1. The first-order valence-electron chi connectivity index (χ1n) is 16.0. The maximum Gasteiger partial charge on any atom is 0.335 e. The zero-order chi connectivity index (χ0) is 31.9. The third-order valence-electron chi connectivity index (χ3n) is 10.5. The lowest BCUT2D eigenvalue weighted by molar-refractivity contribution is -0.204. The number of esters is 2. The second-order valence-electron chi connectivity index (χ2n) is 13.3. The van der Waals surface area contributed by atoms with Crippen LogP contribution in [0.25, 0.3) is 0 Å². The van der Waals surface area contributed by atoms with E-state index in [4.69, 9.17) is 18.9 Å². The summed E-state index contributed by atoms with van der Waals surface area (Å²) < 4.78 is 22.4. The molecule has 11 heteroatoms. The number of methoxy groups -OCH3 is 1. The molecule has 10 nitrogen and oxygen atoms in total. The van der Waals surface area contributed by atoms with Gasteiger partial charge < -0.3 is 24.3 Å². The number of fused-ring (bicyclic) bond motifs is 5. The van der Waals surface area contributed by atoms with Crippen molar-refractivity contribution in [3.8, 4) is 5.75 Å². The Hall–Kier alpha value is -3.31. The molecule has 0 bridgehead atoms. The zero-order valence-corrected chi connectivity index (χ0v) is 27.2. The van der Waals surface area contributed by atoms with Gasteiger partial charge in [-0.2, -0.15) is 0 Å². The summed E-state index contributed by atoms with van der Waals surface area (Å²) in [6.45, 7) is 5.47. The Kier molecular flexibility index (Phi) is 9.03. The predicted molar refractivity (Wildman–Crippen MR) is 166 cm³/mol. The second-order valence-corrected chi connectivity index (χ2v) is 14.5. The highest BCUT2D eigenvalue weighted by Gasteiger charge is 2.58. The van der Waals surface area contributed by atoms with Gasteiger partial charge >= 0.3 is 11.9 Å². The van der Waals surface area contributed by atoms with Crippen LogP contribution in [0.1, 0.15) is 87.1 Å². The van der Waals surface area contributed by atoms with E-state index >= 15 is 0 Å².